The van der Waals surface area contributed by atoms with Crippen molar-refractivity contribution in [3.63, 3.8) is 0 Å². The number of aromatic nitrogens is 5. The highest BCUT2D eigenvalue weighted by atomic mass is 16.5. The lowest BCUT2D eigenvalue weighted by Gasteiger charge is -2.36. The van der Waals surface area contributed by atoms with Gasteiger partial charge in [-0.2, -0.15) is 4.98 Å². The van der Waals surface area contributed by atoms with Crippen LogP contribution in [0, 0.1) is 0 Å². The van der Waals surface area contributed by atoms with Gasteiger partial charge in [-0.15, -0.1) is 10.2 Å². The molecule has 8 nitrogen and oxygen atoms in total. The number of rotatable bonds is 5. The Bertz CT molecular complexity index is 959. The third kappa shape index (κ3) is 4.02. The molecule has 3 aromatic rings. The number of benzene rings is 1. The van der Waals surface area contributed by atoms with E-state index in [0.29, 0.717) is 11.7 Å². The van der Waals surface area contributed by atoms with E-state index in [1.807, 2.05) is 30.3 Å². The molecule has 0 bridgehead atoms. The second-order valence-electron chi connectivity index (χ2n) is 8.31. The Balaban J connectivity index is 1.18. The second-order valence-corrected chi connectivity index (χ2v) is 8.31. The van der Waals surface area contributed by atoms with Gasteiger partial charge in [-0.3, -0.25) is 9.80 Å². The first-order valence-electron chi connectivity index (χ1n) is 11.0. The number of piperazine rings is 1. The minimum Gasteiger partial charge on any atom is -0.337 e. The summed E-state index contributed by atoms with van der Waals surface area (Å²) >= 11 is 0. The molecule has 30 heavy (non-hydrogen) atoms. The molecule has 0 saturated carbocycles. The minimum atomic E-state index is 0.112. The average Bonchev–Trinajstić information content (AvgIpc) is 3.36. The molecule has 5 rings (SSSR count). The van der Waals surface area contributed by atoms with E-state index in [2.05, 4.69) is 41.6 Å². The molecule has 8 heteroatoms. The molecule has 0 radical (unpaired) electrons. The molecule has 1 aromatic carbocycles. The van der Waals surface area contributed by atoms with E-state index in [9.17, 15) is 0 Å². The molecule has 2 aromatic heterocycles. The van der Waals surface area contributed by atoms with Gasteiger partial charge < -0.3 is 9.09 Å². The summed E-state index contributed by atoms with van der Waals surface area (Å²) in [6.07, 6.45) is 4.82. The Morgan fingerprint density at radius 3 is 2.63 bits per heavy atom. The number of nitrogens with zero attached hydrogens (tertiary/aromatic N) is 7. The molecule has 4 heterocycles. The van der Waals surface area contributed by atoms with Crippen LogP contribution in [-0.2, 0) is 19.5 Å². The average molecular weight is 408 g/mol. The molecular weight excluding hydrogens is 378 g/mol. The van der Waals surface area contributed by atoms with Gasteiger partial charge >= 0.3 is 0 Å². The largest absolute Gasteiger partial charge is 0.337 e. The van der Waals surface area contributed by atoms with E-state index in [4.69, 9.17) is 4.52 Å². The van der Waals surface area contributed by atoms with Crippen molar-refractivity contribution in [3.05, 3.63) is 47.9 Å². The van der Waals surface area contributed by atoms with Crippen molar-refractivity contribution in [3.8, 4) is 11.4 Å². The summed E-state index contributed by atoms with van der Waals surface area (Å²) in [7, 11) is 0. The first-order valence-corrected chi connectivity index (χ1v) is 11.0. The highest BCUT2D eigenvalue weighted by Crippen LogP contribution is 2.24. The van der Waals surface area contributed by atoms with Crippen molar-refractivity contribution < 1.29 is 4.52 Å². The van der Waals surface area contributed by atoms with Gasteiger partial charge in [0.1, 0.15) is 11.6 Å². The van der Waals surface area contributed by atoms with Gasteiger partial charge in [0.05, 0.1) is 12.6 Å². The molecule has 1 atom stereocenters. The van der Waals surface area contributed by atoms with Gasteiger partial charge in [0, 0.05) is 44.7 Å². The van der Waals surface area contributed by atoms with E-state index in [1.165, 1.54) is 25.1 Å². The van der Waals surface area contributed by atoms with Crippen molar-refractivity contribution in [2.75, 3.05) is 26.2 Å². The van der Waals surface area contributed by atoms with E-state index in [0.717, 1.165) is 57.1 Å². The highest BCUT2D eigenvalue weighted by molar-refractivity contribution is 5.53. The molecular formula is C22H29N7O. The van der Waals surface area contributed by atoms with Crippen LogP contribution in [0.15, 0.2) is 34.9 Å². The Morgan fingerprint density at radius 1 is 0.967 bits per heavy atom. The monoisotopic (exact) mass is 407 g/mol. The van der Waals surface area contributed by atoms with Crippen molar-refractivity contribution in [1.29, 1.82) is 0 Å². The predicted molar refractivity (Wildman–Crippen MR) is 113 cm³/mol. The molecule has 0 unspecified atom stereocenters. The quantitative estimate of drug-likeness (QED) is 0.644. The fraction of sp³-hybridized carbons (Fsp3) is 0.545. The van der Waals surface area contributed by atoms with E-state index >= 15 is 0 Å². The van der Waals surface area contributed by atoms with Crippen LogP contribution in [-0.4, -0.2) is 60.9 Å². The zero-order valence-electron chi connectivity index (χ0n) is 17.6. The first-order chi connectivity index (χ1) is 14.8. The molecule has 2 aliphatic rings. The number of aryl methyl sites for hydroxylation is 1. The topological polar surface area (TPSA) is 76.1 Å². The standard InChI is InChI=1S/C22H29N7O/c1-17(22-23-21(26-30-22)18-8-4-2-5-9-18)28-14-12-27(13-15-28)16-20-25-24-19-10-6-3-7-11-29(19)20/h2,4-5,8-9,17H,3,6-7,10-16H2,1H3/t17-/m1/s1. The summed E-state index contributed by atoms with van der Waals surface area (Å²) in [6, 6.07) is 10.1. The summed E-state index contributed by atoms with van der Waals surface area (Å²) in [5, 5.41) is 13.1. The smallest absolute Gasteiger partial charge is 0.244 e. The molecule has 158 valence electrons. The zero-order chi connectivity index (χ0) is 20.3. The lowest BCUT2D eigenvalue weighted by molar-refractivity contribution is 0.0824. The van der Waals surface area contributed by atoms with E-state index in [-0.39, 0.29) is 6.04 Å². The van der Waals surface area contributed by atoms with Crippen LogP contribution in [0.5, 0.6) is 0 Å². The fourth-order valence-electron chi connectivity index (χ4n) is 4.44. The van der Waals surface area contributed by atoms with Gasteiger partial charge in [0.25, 0.3) is 0 Å². The van der Waals surface area contributed by atoms with Crippen LogP contribution in [0.3, 0.4) is 0 Å². The molecule has 0 amide bonds. The van der Waals surface area contributed by atoms with Gasteiger partial charge in [0.15, 0.2) is 0 Å². The maximum Gasteiger partial charge on any atom is 0.244 e. The molecule has 0 N–H and O–H groups in total. The van der Waals surface area contributed by atoms with Crippen molar-refractivity contribution in [2.45, 2.75) is 51.7 Å². The Kier molecular flexibility index (Phi) is 5.59. The number of hydrogen-bond donors (Lipinski definition) is 0. The van der Waals surface area contributed by atoms with Crippen LogP contribution in [0.2, 0.25) is 0 Å². The second kappa shape index (κ2) is 8.65. The first kappa shape index (κ1) is 19.4. The number of fused-ring (bicyclic) bond motifs is 1. The van der Waals surface area contributed by atoms with Crippen LogP contribution in [0.1, 0.15) is 49.8 Å². The molecule has 1 saturated heterocycles. The summed E-state index contributed by atoms with van der Waals surface area (Å²) < 4.78 is 7.93. The Hall–Kier alpha value is -2.58. The lowest BCUT2D eigenvalue weighted by Crippen LogP contribution is -2.47. The highest BCUT2D eigenvalue weighted by Gasteiger charge is 2.27. The van der Waals surface area contributed by atoms with Crippen molar-refractivity contribution in [1.82, 2.24) is 34.7 Å². The molecule has 0 spiro atoms. The number of hydrogen-bond acceptors (Lipinski definition) is 7. The normalized spacial score (nSPS) is 19.4. The summed E-state index contributed by atoms with van der Waals surface area (Å²) in [5.74, 6) is 3.63. The third-order valence-electron chi connectivity index (χ3n) is 6.34. The van der Waals surface area contributed by atoms with E-state index < -0.39 is 0 Å². The van der Waals surface area contributed by atoms with Gasteiger partial charge in [-0.05, 0) is 19.8 Å². The fourth-order valence-corrected chi connectivity index (χ4v) is 4.44. The van der Waals surface area contributed by atoms with Gasteiger partial charge in [-0.1, -0.05) is 41.9 Å². The van der Waals surface area contributed by atoms with Crippen molar-refractivity contribution >= 4 is 0 Å². The minimum absolute atomic E-state index is 0.112. The zero-order valence-corrected chi connectivity index (χ0v) is 17.6. The van der Waals surface area contributed by atoms with Gasteiger partial charge in [0.2, 0.25) is 11.7 Å². The van der Waals surface area contributed by atoms with Crippen LogP contribution < -0.4 is 0 Å². The van der Waals surface area contributed by atoms with Crippen molar-refractivity contribution in [2.24, 2.45) is 0 Å². The van der Waals surface area contributed by atoms with Crippen LogP contribution in [0.4, 0.5) is 0 Å². The van der Waals surface area contributed by atoms with Gasteiger partial charge in [-0.25, -0.2) is 0 Å². The predicted octanol–water partition coefficient (Wildman–Crippen LogP) is 2.93. The third-order valence-corrected chi connectivity index (χ3v) is 6.34. The molecule has 1 fully saturated rings. The lowest BCUT2D eigenvalue weighted by atomic mass is 10.2. The summed E-state index contributed by atoms with van der Waals surface area (Å²) in [5.41, 5.74) is 0.983. The van der Waals surface area contributed by atoms with Crippen LogP contribution >= 0.6 is 0 Å². The Labute approximate surface area is 176 Å². The van der Waals surface area contributed by atoms with Crippen LogP contribution in [0.25, 0.3) is 11.4 Å². The maximum absolute atomic E-state index is 5.58. The molecule has 0 aliphatic carbocycles. The summed E-state index contributed by atoms with van der Waals surface area (Å²) in [4.78, 5) is 9.54. The maximum atomic E-state index is 5.58. The van der Waals surface area contributed by atoms with E-state index in [1.54, 1.807) is 0 Å². The SMILES string of the molecule is C[C@H](c1nc(-c2ccccc2)no1)N1CCN(Cc2nnc3n2CCCCC3)CC1. The molecule has 2 aliphatic heterocycles. The Morgan fingerprint density at radius 2 is 1.80 bits per heavy atom. The summed E-state index contributed by atoms with van der Waals surface area (Å²) in [6.45, 7) is 8.06.